The van der Waals surface area contributed by atoms with E-state index in [1.165, 1.54) is 23.5 Å². The minimum Gasteiger partial charge on any atom is -0.324 e. The summed E-state index contributed by atoms with van der Waals surface area (Å²) in [5, 5.41) is 0.954. The van der Waals surface area contributed by atoms with Crippen LogP contribution in [-0.4, -0.2) is 143 Å². The second-order valence-corrected chi connectivity index (χ2v) is 40.0. The van der Waals surface area contributed by atoms with Gasteiger partial charge in [0.15, 0.2) is 0 Å². The molecule has 0 saturated heterocycles. The van der Waals surface area contributed by atoms with Crippen molar-refractivity contribution < 1.29 is 34.4 Å². The largest absolute Gasteiger partial charge is 0.324 e. The number of nitrogens with two attached hydrogens (primary N) is 2. The molecule has 0 aliphatic heterocycles. The maximum atomic E-state index is 11.3. The van der Waals surface area contributed by atoms with E-state index in [0.717, 1.165) is 6.16 Å². The lowest BCUT2D eigenvalue weighted by Gasteiger charge is -2.13. The predicted octanol–water partition coefficient (Wildman–Crippen LogP) is 10.1. The van der Waals surface area contributed by atoms with Crippen LogP contribution in [0.1, 0.15) is 140 Å². The average Bonchev–Trinajstić information content (AvgIpc) is 3.01. The molecule has 0 aliphatic rings. The van der Waals surface area contributed by atoms with E-state index >= 15 is 0 Å². The molecule has 0 bridgehead atoms. The highest BCUT2D eigenvalue weighted by Crippen LogP contribution is 2.45. The van der Waals surface area contributed by atoms with Gasteiger partial charge < -0.3 is 20.6 Å². The third kappa shape index (κ3) is 67.7. The zero-order valence-corrected chi connectivity index (χ0v) is 47.9. The Balaban J connectivity index is -0.0000000506. The minimum absolute atomic E-state index is 0. The van der Waals surface area contributed by atoms with Crippen LogP contribution in [0.15, 0.2) is 0 Å². The molecular formula is C40H108N4O8P2S6. The van der Waals surface area contributed by atoms with Gasteiger partial charge in [-0.1, -0.05) is 140 Å². The number of nitrogens with one attached hydrogen (secondary N) is 2. The lowest BCUT2D eigenvalue weighted by Crippen LogP contribution is -2.17. The Labute approximate surface area is 384 Å². The molecule has 20 heteroatoms. The van der Waals surface area contributed by atoms with Gasteiger partial charge in [0.1, 0.15) is 0 Å². The highest BCUT2D eigenvalue weighted by Gasteiger charge is 2.16. The highest BCUT2D eigenvalue weighted by molar-refractivity contribution is 8.01. The van der Waals surface area contributed by atoms with E-state index in [1.54, 1.807) is 52.7 Å². The first-order valence-electron chi connectivity index (χ1n) is 18.9. The van der Waals surface area contributed by atoms with Crippen molar-refractivity contribution in [2.45, 2.75) is 183 Å². The number of hydrogen-bond donors (Lipinski definition) is 4. The zero-order chi connectivity index (χ0) is 48.9. The standard InChI is InChI=1S/C6H15OP.2C5H13NOS.C5H13OP.2C4H11NOS.2C4H10OS.3CH4/c1-5-8(4,7)6(2)3;2*1-5(2)8(3,7)4-6;1-5(2)7(3,4)6;2*1-4(2)7(3,5)6;2*1-4(2)6(3)5;;;/h6H,5H2,1-4H3;2*4-5H,6H2,1-3H3;5H,1-4H3;2*4-5H,1-3H3;2*4H,1-3H3;3*1H4/t;;;;2*7-;2*6-;;;/m....1010.../s1. The van der Waals surface area contributed by atoms with E-state index in [1.807, 2.05) is 110 Å². The molecule has 3 unspecified atom stereocenters. The topological polar surface area (TPSA) is 236 Å². The van der Waals surface area contributed by atoms with Crippen molar-refractivity contribution in [2.24, 2.45) is 11.5 Å². The summed E-state index contributed by atoms with van der Waals surface area (Å²) >= 11 is 0. The van der Waals surface area contributed by atoms with Crippen LogP contribution in [0.3, 0.4) is 0 Å². The van der Waals surface area contributed by atoms with E-state index in [9.17, 15) is 34.4 Å². The van der Waals surface area contributed by atoms with Gasteiger partial charge in [-0.05, 0) is 45.2 Å². The fourth-order valence-electron chi connectivity index (χ4n) is 0.679. The van der Waals surface area contributed by atoms with Crippen LogP contribution in [0.25, 0.3) is 0 Å². The molecule has 0 saturated carbocycles. The monoisotopic (exact) mass is 1030 g/mol. The summed E-state index contributed by atoms with van der Waals surface area (Å²) in [7, 11) is -12.9. The lowest BCUT2D eigenvalue weighted by molar-refractivity contribution is 0.573. The quantitative estimate of drug-likeness (QED) is 0.126. The Morgan fingerprint density at radius 2 is 0.667 bits per heavy atom. The summed E-state index contributed by atoms with van der Waals surface area (Å²) in [4.78, 5) is 0. The first-order chi connectivity index (χ1) is 24.6. The van der Waals surface area contributed by atoms with E-state index in [2.05, 4.69) is 0 Å². The summed E-state index contributed by atoms with van der Waals surface area (Å²) in [5.74, 6) is 0. The molecule has 0 rings (SSSR count). The van der Waals surface area contributed by atoms with Gasteiger partial charge in [-0.15, -0.1) is 0 Å². The van der Waals surface area contributed by atoms with E-state index in [0.29, 0.717) is 21.8 Å². The summed E-state index contributed by atoms with van der Waals surface area (Å²) in [6.45, 7) is 38.0. The second-order valence-electron chi connectivity index (χ2n) is 16.4. The fourth-order valence-corrected chi connectivity index (χ4v) is 2.04. The fraction of sp³-hybridized carbons (Fsp3) is 0.950. The van der Waals surface area contributed by atoms with Crippen LogP contribution in [0.4, 0.5) is 0 Å². The SMILES string of the molecule is C.C.C.CC(C)P(C)(C)=O.CC(C)S(C)(=O)=CN.CC(C)S(C)(=O)=CN.CC(C)[S@@](C)(=N)=O.CC(C)[S@@](C)=O.CC(C)[S@](C)(=N)=O.CC(C)[S@](C)=O.CCP(C)(=O)C(C)C. The van der Waals surface area contributed by atoms with Crippen molar-refractivity contribution in [3.8, 4) is 0 Å². The van der Waals surface area contributed by atoms with Gasteiger partial charge in [0.25, 0.3) is 0 Å². The maximum Gasteiger partial charge on any atom is 0.0869 e. The third-order valence-corrected chi connectivity index (χ3v) is 25.5. The molecule has 60 heavy (non-hydrogen) atoms. The smallest absolute Gasteiger partial charge is 0.0869 e. The highest BCUT2D eigenvalue weighted by atomic mass is 32.2. The van der Waals surface area contributed by atoms with Crippen LogP contribution in [0.5, 0.6) is 0 Å². The number of hydrogen-bond acceptors (Lipinski definition) is 10. The molecule has 0 heterocycles. The van der Waals surface area contributed by atoms with Gasteiger partial charge in [0.05, 0.1) is 14.3 Å². The lowest BCUT2D eigenvalue weighted by atomic mass is 10.6. The first-order valence-corrected chi connectivity index (χ1v) is 35.5. The van der Waals surface area contributed by atoms with Crippen LogP contribution in [0, 0.1) is 9.56 Å². The van der Waals surface area contributed by atoms with Crippen LogP contribution >= 0.6 is 14.3 Å². The summed E-state index contributed by atoms with van der Waals surface area (Å²) < 4.78 is 99.8. The molecule has 0 aromatic carbocycles. The van der Waals surface area contributed by atoms with Crippen LogP contribution < -0.4 is 11.5 Å². The Kier molecular flexibility index (Phi) is 61.7. The van der Waals surface area contributed by atoms with Crippen molar-refractivity contribution in [3.63, 3.8) is 0 Å². The average molecular weight is 1030 g/mol. The molecule has 12 nitrogen and oxygen atoms in total. The Morgan fingerprint density at radius 1 is 0.517 bits per heavy atom. The van der Waals surface area contributed by atoms with Gasteiger partial charge in [0, 0.05) is 132 Å². The van der Waals surface area contributed by atoms with Crippen molar-refractivity contribution in [1.82, 2.24) is 0 Å². The van der Waals surface area contributed by atoms with Gasteiger partial charge in [-0.25, -0.2) is 8.42 Å². The van der Waals surface area contributed by atoms with Gasteiger partial charge in [0.2, 0.25) is 0 Å². The molecule has 0 aromatic heterocycles. The molecule has 0 aromatic rings. The van der Waals surface area contributed by atoms with E-state index in [4.69, 9.17) is 21.0 Å². The molecule has 382 valence electrons. The van der Waals surface area contributed by atoms with Crippen molar-refractivity contribution >= 4 is 85.4 Å². The molecule has 0 amide bonds. The zero-order valence-electron chi connectivity index (χ0n) is 41.2. The van der Waals surface area contributed by atoms with E-state index < -0.39 is 74.4 Å². The molecule has 7 atom stereocenters. The second kappa shape index (κ2) is 42.3. The summed E-state index contributed by atoms with van der Waals surface area (Å²) in [6.07, 6.45) is 10.5. The normalized spacial score (nSPS) is 16.4. The van der Waals surface area contributed by atoms with Crippen molar-refractivity contribution in [1.29, 1.82) is 9.56 Å². The predicted molar refractivity (Wildman–Crippen MR) is 295 cm³/mol. The molecule has 0 fully saturated rings. The summed E-state index contributed by atoms with van der Waals surface area (Å²) in [5.41, 5.74) is 13.5. The minimum atomic E-state index is -2.24. The number of rotatable bonds is 9. The van der Waals surface area contributed by atoms with E-state index in [-0.39, 0.29) is 43.3 Å². The van der Waals surface area contributed by atoms with Crippen LogP contribution in [0.2, 0.25) is 0 Å². The molecule has 0 aliphatic carbocycles. The van der Waals surface area contributed by atoms with Crippen LogP contribution in [-0.2, 0) is 69.2 Å². The third-order valence-electron chi connectivity index (χ3n) is 8.50. The molecule has 6 N–H and O–H groups in total. The summed E-state index contributed by atoms with van der Waals surface area (Å²) in [6, 6.07) is 0. The Bertz CT molecular complexity index is 1540. The van der Waals surface area contributed by atoms with Crippen molar-refractivity contribution in [3.05, 3.63) is 0 Å². The first kappa shape index (κ1) is 87.5. The Hall–Kier alpha value is 0.620. The molecular weight excluding hydrogens is 919 g/mol. The van der Waals surface area contributed by atoms with Gasteiger partial charge in [-0.2, -0.15) is 0 Å². The van der Waals surface area contributed by atoms with Crippen molar-refractivity contribution in [2.75, 3.05) is 63.7 Å². The molecule has 0 radical (unpaired) electrons. The van der Waals surface area contributed by atoms with Gasteiger partial charge in [-0.3, -0.25) is 26.4 Å². The van der Waals surface area contributed by atoms with Gasteiger partial charge >= 0.3 is 0 Å². The Morgan fingerprint density at radius 3 is 0.667 bits per heavy atom. The maximum absolute atomic E-state index is 11.3. The molecule has 0 spiro atoms.